The number of carbonyl (C=O) groups is 1. The minimum atomic E-state index is -4.98. The van der Waals surface area contributed by atoms with Gasteiger partial charge < -0.3 is 14.8 Å². The molecule has 0 bridgehead atoms. The Morgan fingerprint density at radius 2 is 1.86 bits per heavy atom. The van der Waals surface area contributed by atoms with Crippen molar-refractivity contribution >= 4 is 21.5 Å². The van der Waals surface area contributed by atoms with Gasteiger partial charge in [-0.25, -0.2) is 18.4 Å². The van der Waals surface area contributed by atoms with Crippen molar-refractivity contribution < 1.29 is 35.9 Å². The molecule has 4 rings (SSSR count). The largest absolute Gasteiger partial charge is 0.573 e. The molecule has 9 nitrogen and oxygen atoms in total. The maximum atomic E-state index is 13.1. The minimum absolute atomic E-state index is 0.0966. The number of hydrogen-bond acceptors (Lipinski definition) is 7. The van der Waals surface area contributed by atoms with Gasteiger partial charge in [0.05, 0.1) is 17.6 Å². The standard InChI is InChI=1S/C22H17F3N4O5S/c1-33-18-7-4-16(34-22(23,24)25)10-19(18)35(31,32)17-5-2-14(3-6-17)11-27-20(30)15-12-28-21-26-8-9-29(21)13-15/h2-10,12-13H,11H2,1H3,(H,27,30). The summed E-state index contributed by atoms with van der Waals surface area (Å²) in [6, 6.07) is 8.31. The number of alkyl halides is 3. The van der Waals surface area contributed by atoms with Crippen molar-refractivity contribution in [2.24, 2.45) is 0 Å². The summed E-state index contributed by atoms with van der Waals surface area (Å²) < 4.78 is 74.3. The van der Waals surface area contributed by atoms with Crippen molar-refractivity contribution in [3.05, 3.63) is 78.4 Å². The van der Waals surface area contributed by atoms with Crippen LogP contribution >= 0.6 is 0 Å². The number of fused-ring (bicyclic) bond motifs is 1. The first kappa shape index (κ1) is 24.0. The van der Waals surface area contributed by atoms with Crippen LogP contribution in [0.2, 0.25) is 0 Å². The minimum Gasteiger partial charge on any atom is -0.495 e. The van der Waals surface area contributed by atoms with E-state index in [2.05, 4.69) is 20.0 Å². The van der Waals surface area contributed by atoms with Crippen LogP contribution in [0.1, 0.15) is 15.9 Å². The number of hydrogen-bond donors (Lipinski definition) is 1. The number of halogens is 3. The number of ether oxygens (including phenoxy) is 2. The first-order valence-corrected chi connectivity index (χ1v) is 11.4. The first-order valence-electron chi connectivity index (χ1n) is 9.91. The van der Waals surface area contributed by atoms with E-state index in [1.807, 2.05) is 0 Å². The second-order valence-corrected chi connectivity index (χ2v) is 9.09. The second-order valence-electron chi connectivity index (χ2n) is 7.17. The molecule has 1 N–H and O–H groups in total. The zero-order valence-corrected chi connectivity index (χ0v) is 18.8. The predicted octanol–water partition coefficient (Wildman–Crippen LogP) is 3.40. The molecule has 0 saturated carbocycles. The van der Waals surface area contributed by atoms with Crippen LogP contribution in [-0.2, 0) is 16.4 Å². The molecule has 0 radical (unpaired) electrons. The molecule has 0 saturated heterocycles. The number of imidazole rings is 1. The highest BCUT2D eigenvalue weighted by Crippen LogP contribution is 2.34. The van der Waals surface area contributed by atoms with Gasteiger partial charge >= 0.3 is 6.36 Å². The third kappa shape index (κ3) is 5.35. The second kappa shape index (κ2) is 9.25. The molecular weight excluding hydrogens is 489 g/mol. The van der Waals surface area contributed by atoms with E-state index < -0.39 is 32.8 Å². The van der Waals surface area contributed by atoms with Crippen LogP contribution < -0.4 is 14.8 Å². The lowest BCUT2D eigenvalue weighted by Crippen LogP contribution is -2.23. The average Bonchev–Trinajstić information content (AvgIpc) is 3.30. The molecule has 0 fully saturated rings. The normalized spacial score (nSPS) is 11.9. The van der Waals surface area contributed by atoms with E-state index in [1.165, 1.54) is 37.6 Å². The number of carbonyl (C=O) groups excluding carboxylic acids is 1. The average molecular weight is 506 g/mol. The molecule has 0 aliphatic rings. The lowest BCUT2D eigenvalue weighted by atomic mass is 10.2. The molecule has 2 heterocycles. The Hall–Kier alpha value is -4.13. The molecule has 2 aromatic carbocycles. The summed E-state index contributed by atoms with van der Waals surface area (Å²) in [6.45, 7) is 0.0966. The third-order valence-corrected chi connectivity index (χ3v) is 6.64. The van der Waals surface area contributed by atoms with E-state index in [1.54, 1.807) is 23.0 Å². The summed E-state index contributed by atoms with van der Waals surface area (Å²) in [5, 5.41) is 2.70. The van der Waals surface area contributed by atoms with Gasteiger partial charge in [0.1, 0.15) is 16.4 Å². The molecule has 2 aromatic heterocycles. The molecule has 35 heavy (non-hydrogen) atoms. The summed E-state index contributed by atoms with van der Waals surface area (Å²) in [7, 11) is -3.04. The number of sulfone groups is 1. The smallest absolute Gasteiger partial charge is 0.495 e. The lowest BCUT2D eigenvalue weighted by molar-refractivity contribution is -0.274. The van der Waals surface area contributed by atoms with Crippen molar-refractivity contribution in [1.29, 1.82) is 0 Å². The molecule has 0 aliphatic heterocycles. The third-order valence-electron chi connectivity index (χ3n) is 4.85. The number of aromatic nitrogens is 3. The quantitative estimate of drug-likeness (QED) is 0.409. The molecular formula is C22H17F3N4O5S. The van der Waals surface area contributed by atoms with Crippen molar-refractivity contribution in [1.82, 2.24) is 19.7 Å². The Balaban J connectivity index is 1.50. The molecule has 182 valence electrons. The fraction of sp³-hybridized carbons (Fsp3) is 0.136. The topological polar surface area (TPSA) is 112 Å². The molecule has 0 atom stereocenters. The van der Waals surface area contributed by atoms with Gasteiger partial charge in [-0.1, -0.05) is 12.1 Å². The van der Waals surface area contributed by atoms with Crippen LogP contribution in [0.5, 0.6) is 11.5 Å². The Morgan fingerprint density at radius 3 is 2.54 bits per heavy atom. The van der Waals surface area contributed by atoms with E-state index in [0.29, 0.717) is 16.9 Å². The molecule has 0 aliphatic carbocycles. The van der Waals surface area contributed by atoms with Crippen molar-refractivity contribution in [2.75, 3.05) is 7.11 Å². The van der Waals surface area contributed by atoms with Gasteiger partial charge in [-0.15, -0.1) is 13.2 Å². The van der Waals surface area contributed by atoms with Crippen molar-refractivity contribution in [3.8, 4) is 11.5 Å². The summed E-state index contributed by atoms with van der Waals surface area (Å²) >= 11 is 0. The molecule has 0 unspecified atom stereocenters. The van der Waals surface area contributed by atoms with Gasteiger partial charge in [0.25, 0.3) is 5.91 Å². The number of nitrogens with one attached hydrogen (secondary N) is 1. The van der Waals surface area contributed by atoms with Gasteiger partial charge in [0.15, 0.2) is 0 Å². The number of methoxy groups -OCH3 is 1. The predicted molar refractivity (Wildman–Crippen MR) is 116 cm³/mol. The van der Waals surface area contributed by atoms with E-state index >= 15 is 0 Å². The van der Waals surface area contributed by atoms with E-state index in [-0.39, 0.29) is 17.2 Å². The number of amides is 1. The monoisotopic (exact) mass is 506 g/mol. The SMILES string of the molecule is COc1ccc(OC(F)(F)F)cc1S(=O)(=O)c1ccc(CNC(=O)c2cnc3nccn3c2)cc1. The van der Waals surface area contributed by atoms with Crippen LogP contribution in [0.15, 0.2) is 77.0 Å². The zero-order valence-electron chi connectivity index (χ0n) is 18.0. The summed E-state index contributed by atoms with van der Waals surface area (Å²) in [5.74, 6) is -0.777. The highest BCUT2D eigenvalue weighted by Gasteiger charge is 2.32. The van der Waals surface area contributed by atoms with Gasteiger partial charge in [-0.2, -0.15) is 0 Å². The van der Waals surface area contributed by atoms with Gasteiger partial charge in [-0.3, -0.25) is 9.20 Å². The van der Waals surface area contributed by atoms with E-state index in [0.717, 1.165) is 18.2 Å². The van der Waals surface area contributed by atoms with E-state index in [4.69, 9.17) is 4.74 Å². The molecule has 13 heteroatoms. The van der Waals surface area contributed by atoms with Gasteiger partial charge in [-0.05, 0) is 29.8 Å². The van der Waals surface area contributed by atoms with Crippen LogP contribution in [0.4, 0.5) is 13.2 Å². The Labute approximate surface area is 197 Å². The summed E-state index contributed by atoms with van der Waals surface area (Å²) in [6.07, 6.45) is 1.18. The van der Waals surface area contributed by atoms with Crippen molar-refractivity contribution in [2.45, 2.75) is 22.7 Å². The maximum absolute atomic E-state index is 13.1. The lowest BCUT2D eigenvalue weighted by Gasteiger charge is -2.14. The van der Waals surface area contributed by atoms with Crippen LogP contribution in [0.3, 0.4) is 0 Å². The van der Waals surface area contributed by atoms with Crippen LogP contribution in [0, 0.1) is 0 Å². The fourth-order valence-corrected chi connectivity index (χ4v) is 4.63. The van der Waals surface area contributed by atoms with Gasteiger partial charge in [0.2, 0.25) is 15.6 Å². The summed E-state index contributed by atoms with van der Waals surface area (Å²) in [5.41, 5.74) is 0.901. The number of nitrogens with zero attached hydrogens (tertiary/aromatic N) is 3. The Kier molecular flexibility index (Phi) is 6.35. The zero-order chi connectivity index (χ0) is 25.2. The number of rotatable bonds is 7. The maximum Gasteiger partial charge on any atom is 0.573 e. The Bertz CT molecular complexity index is 1490. The number of benzene rings is 2. The van der Waals surface area contributed by atoms with Crippen LogP contribution in [-0.4, -0.2) is 42.2 Å². The van der Waals surface area contributed by atoms with E-state index in [9.17, 15) is 26.4 Å². The molecule has 4 aromatic rings. The Morgan fingerprint density at radius 1 is 1.11 bits per heavy atom. The summed E-state index contributed by atoms with van der Waals surface area (Å²) in [4.78, 5) is 19.8. The highest BCUT2D eigenvalue weighted by molar-refractivity contribution is 7.91. The van der Waals surface area contributed by atoms with Crippen LogP contribution in [0.25, 0.3) is 5.78 Å². The molecule has 0 spiro atoms. The molecule has 1 amide bonds. The van der Waals surface area contributed by atoms with Gasteiger partial charge in [0, 0.05) is 37.4 Å². The highest BCUT2D eigenvalue weighted by atomic mass is 32.2. The first-order chi connectivity index (χ1) is 16.6. The van der Waals surface area contributed by atoms with Crippen molar-refractivity contribution in [3.63, 3.8) is 0 Å². The fourth-order valence-electron chi connectivity index (χ4n) is 3.20.